The van der Waals surface area contributed by atoms with Crippen LogP contribution in [0.5, 0.6) is 0 Å². The quantitative estimate of drug-likeness (QED) is 0.753. The number of hydrogen-bond acceptors (Lipinski definition) is 5. The Balaban J connectivity index is 2.26. The Hall–Kier alpha value is -1.86. The van der Waals surface area contributed by atoms with Gasteiger partial charge in [-0.05, 0) is 18.9 Å². The van der Waals surface area contributed by atoms with Crippen molar-refractivity contribution in [3.63, 3.8) is 0 Å². The first kappa shape index (κ1) is 17.5. The molecule has 2 atom stereocenters. The summed E-state index contributed by atoms with van der Waals surface area (Å²) in [7, 11) is 0. The van der Waals surface area contributed by atoms with Crippen molar-refractivity contribution in [2.75, 3.05) is 10.7 Å². The molecule has 0 spiro atoms. The fourth-order valence-electron chi connectivity index (χ4n) is 2.26. The minimum atomic E-state index is -1.07. The van der Waals surface area contributed by atoms with Gasteiger partial charge in [-0.1, -0.05) is 30.3 Å². The second-order valence-electron chi connectivity index (χ2n) is 5.14. The fourth-order valence-corrected chi connectivity index (χ4v) is 3.07. The normalized spacial score (nSPS) is 13.3. The second kappa shape index (κ2) is 8.12. The summed E-state index contributed by atoms with van der Waals surface area (Å²) >= 11 is 5.61. The van der Waals surface area contributed by atoms with Crippen molar-refractivity contribution in [1.29, 1.82) is 0 Å². The largest absolute Gasteiger partial charge is 0.480 e. The summed E-state index contributed by atoms with van der Waals surface area (Å²) in [5.74, 6) is -1.05. The van der Waals surface area contributed by atoms with E-state index in [9.17, 15) is 14.7 Å². The van der Waals surface area contributed by atoms with E-state index >= 15 is 0 Å². The van der Waals surface area contributed by atoms with Gasteiger partial charge in [0.05, 0.1) is 11.4 Å². The van der Waals surface area contributed by atoms with Gasteiger partial charge in [0.15, 0.2) is 0 Å². The summed E-state index contributed by atoms with van der Waals surface area (Å²) in [6, 6.07) is 8.63. The molecule has 122 valence electrons. The molecule has 0 aliphatic heterocycles. The van der Waals surface area contributed by atoms with E-state index in [1.165, 1.54) is 23.2 Å². The first-order valence-electron chi connectivity index (χ1n) is 7.13. The monoisotopic (exact) mass is 350 g/mol. The Kier molecular flexibility index (Phi) is 6.18. The van der Waals surface area contributed by atoms with Gasteiger partial charge in [0.25, 0.3) is 0 Å². The number of thiazole rings is 1. The molecule has 5 nitrogen and oxygen atoms in total. The smallest absolute Gasteiger partial charge is 0.326 e. The van der Waals surface area contributed by atoms with Crippen molar-refractivity contribution >= 4 is 41.7 Å². The maximum Gasteiger partial charge on any atom is 0.326 e. The third kappa shape index (κ3) is 4.33. The zero-order valence-electron chi connectivity index (χ0n) is 12.6. The minimum absolute atomic E-state index is 0.273. The molecule has 1 aromatic heterocycles. The first-order chi connectivity index (χ1) is 11.0. The topological polar surface area (TPSA) is 70.5 Å². The number of carboxylic acid groups (broad SMARTS) is 1. The maximum atomic E-state index is 12.9. The Morgan fingerprint density at radius 1 is 1.35 bits per heavy atom. The molecule has 1 N–H and O–H groups in total. The number of rotatable bonds is 7. The van der Waals surface area contributed by atoms with Crippen molar-refractivity contribution in [3.8, 4) is 0 Å². The Bertz CT molecular complexity index is 647. The molecule has 1 unspecified atom stereocenters. The molecule has 0 fully saturated rings. The highest BCUT2D eigenvalue weighted by Crippen LogP contribution is 2.22. The van der Waals surface area contributed by atoms with Crippen molar-refractivity contribution in [2.45, 2.75) is 19.4 Å². The zero-order chi connectivity index (χ0) is 16.8. The molecule has 2 rings (SSSR count). The van der Waals surface area contributed by atoms with E-state index in [-0.39, 0.29) is 5.91 Å². The molecule has 1 aromatic carbocycles. The van der Waals surface area contributed by atoms with Crippen LogP contribution in [0.1, 0.15) is 12.5 Å². The molecule has 2 aromatic rings. The van der Waals surface area contributed by atoms with E-state index in [1.54, 1.807) is 10.9 Å². The predicted molar refractivity (Wildman–Crippen MR) is 94.2 cm³/mol. The summed E-state index contributed by atoms with van der Waals surface area (Å²) in [6.45, 7) is 1.48. The molecule has 7 heteroatoms. The standard InChI is InChI=1S/C16H18N2O3S2/c1-11(16(20)21)18(14-9-23-10-17-14)15(19)13(8-22)7-12-5-3-2-4-6-12/h2-6,9-11,13,22H,7-8H2,1H3,(H,20,21)/t11-,13?/m0/s1. The van der Waals surface area contributed by atoms with Crippen LogP contribution >= 0.6 is 24.0 Å². The van der Waals surface area contributed by atoms with Gasteiger partial charge >= 0.3 is 5.97 Å². The Morgan fingerprint density at radius 2 is 2.04 bits per heavy atom. The fraction of sp³-hybridized carbons (Fsp3) is 0.312. The van der Waals surface area contributed by atoms with Gasteiger partial charge in [-0.25, -0.2) is 9.78 Å². The second-order valence-corrected chi connectivity index (χ2v) is 6.22. The lowest BCUT2D eigenvalue weighted by molar-refractivity contribution is -0.140. The Morgan fingerprint density at radius 3 is 2.57 bits per heavy atom. The van der Waals surface area contributed by atoms with E-state index in [2.05, 4.69) is 17.6 Å². The lowest BCUT2D eigenvalue weighted by Crippen LogP contribution is -2.47. The molecule has 0 saturated heterocycles. The molecule has 0 aliphatic carbocycles. The van der Waals surface area contributed by atoms with E-state index < -0.39 is 17.9 Å². The number of amides is 1. The molecule has 1 heterocycles. The van der Waals surface area contributed by atoms with E-state index in [0.29, 0.717) is 18.0 Å². The van der Waals surface area contributed by atoms with E-state index in [1.807, 2.05) is 30.3 Å². The number of aliphatic carboxylic acids is 1. The van der Waals surface area contributed by atoms with Gasteiger partial charge in [-0.15, -0.1) is 11.3 Å². The van der Waals surface area contributed by atoms with Gasteiger partial charge in [0.1, 0.15) is 11.9 Å². The summed E-state index contributed by atoms with van der Waals surface area (Å²) in [5, 5.41) is 11.0. The number of carbonyl (C=O) groups excluding carboxylic acids is 1. The van der Waals surface area contributed by atoms with E-state index in [0.717, 1.165) is 5.56 Å². The highest BCUT2D eigenvalue weighted by Gasteiger charge is 2.32. The van der Waals surface area contributed by atoms with Gasteiger partial charge in [0.2, 0.25) is 5.91 Å². The predicted octanol–water partition coefficient (Wildman–Crippen LogP) is 2.74. The molecule has 0 bridgehead atoms. The van der Waals surface area contributed by atoms with Gasteiger partial charge in [-0.2, -0.15) is 12.6 Å². The van der Waals surface area contributed by atoms with Crippen molar-refractivity contribution in [3.05, 3.63) is 46.8 Å². The van der Waals surface area contributed by atoms with Crippen LogP contribution in [0.25, 0.3) is 0 Å². The van der Waals surface area contributed by atoms with Crippen LogP contribution in [-0.4, -0.2) is 33.8 Å². The van der Waals surface area contributed by atoms with Crippen molar-refractivity contribution in [1.82, 2.24) is 4.98 Å². The van der Waals surface area contributed by atoms with Crippen LogP contribution in [0.2, 0.25) is 0 Å². The zero-order valence-corrected chi connectivity index (χ0v) is 14.3. The number of carbonyl (C=O) groups is 2. The lowest BCUT2D eigenvalue weighted by atomic mass is 9.99. The van der Waals surface area contributed by atoms with Crippen LogP contribution in [0, 0.1) is 5.92 Å². The number of thiol groups is 1. The van der Waals surface area contributed by atoms with Crippen molar-refractivity contribution in [2.24, 2.45) is 5.92 Å². The highest BCUT2D eigenvalue weighted by atomic mass is 32.1. The SMILES string of the molecule is C[C@@H](C(=O)O)N(C(=O)C(CS)Cc1ccccc1)c1cscn1. The van der Waals surface area contributed by atoms with E-state index in [4.69, 9.17) is 0 Å². The van der Waals surface area contributed by atoms with Crippen LogP contribution < -0.4 is 4.90 Å². The third-order valence-corrected chi connectivity index (χ3v) is 4.56. The number of nitrogens with zero attached hydrogens (tertiary/aromatic N) is 2. The summed E-state index contributed by atoms with van der Waals surface area (Å²) in [6.07, 6.45) is 0.510. The van der Waals surface area contributed by atoms with Crippen molar-refractivity contribution < 1.29 is 14.7 Å². The van der Waals surface area contributed by atoms with Gasteiger partial charge in [-0.3, -0.25) is 9.69 Å². The lowest BCUT2D eigenvalue weighted by Gasteiger charge is -2.28. The van der Waals surface area contributed by atoms with Crippen LogP contribution in [-0.2, 0) is 16.0 Å². The number of anilines is 1. The summed E-state index contributed by atoms with van der Waals surface area (Å²) in [5.41, 5.74) is 2.60. The molecule has 23 heavy (non-hydrogen) atoms. The van der Waals surface area contributed by atoms with Gasteiger partial charge < -0.3 is 5.11 Å². The summed E-state index contributed by atoms with van der Waals surface area (Å²) in [4.78, 5) is 29.6. The molecule has 0 radical (unpaired) electrons. The number of benzene rings is 1. The van der Waals surface area contributed by atoms with Crippen LogP contribution in [0.3, 0.4) is 0 Å². The number of carboxylic acids is 1. The van der Waals surface area contributed by atoms with Crippen LogP contribution in [0.15, 0.2) is 41.2 Å². The summed E-state index contributed by atoms with van der Waals surface area (Å²) < 4.78 is 0. The third-order valence-electron chi connectivity index (χ3n) is 3.54. The average Bonchev–Trinajstić information content (AvgIpc) is 3.07. The van der Waals surface area contributed by atoms with Gasteiger partial charge in [0, 0.05) is 11.1 Å². The highest BCUT2D eigenvalue weighted by molar-refractivity contribution is 7.80. The maximum absolute atomic E-state index is 12.9. The molecule has 0 aliphatic rings. The number of aromatic nitrogens is 1. The molecular weight excluding hydrogens is 332 g/mol. The minimum Gasteiger partial charge on any atom is -0.480 e. The molecular formula is C16H18N2O3S2. The number of hydrogen-bond donors (Lipinski definition) is 2. The first-order valence-corrected chi connectivity index (χ1v) is 8.71. The Labute approximate surface area is 144 Å². The molecule has 1 amide bonds. The molecule has 0 saturated carbocycles. The average molecular weight is 350 g/mol. The van der Waals surface area contributed by atoms with Crippen LogP contribution in [0.4, 0.5) is 5.82 Å².